The van der Waals surface area contributed by atoms with Crippen LogP contribution in [0.25, 0.3) is 11.0 Å². The van der Waals surface area contributed by atoms with Crippen LogP contribution in [0.2, 0.25) is 0 Å². The Morgan fingerprint density at radius 1 is 1.19 bits per heavy atom. The molecular weight excluding hydrogens is 413 g/mol. The lowest BCUT2D eigenvalue weighted by molar-refractivity contribution is 0.170. The zero-order valence-corrected chi connectivity index (χ0v) is 18.0. The van der Waals surface area contributed by atoms with E-state index in [1.165, 1.54) is 6.20 Å². The number of aromatic nitrogens is 3. The van der Waals surface area contributed by atoms with Gasteiger partial charge in [-0.15, -0.1) is 0 Å². The predicted octanol–water partition coefficient (Wildman–Crippen LogP) is 2.35. The minimum Gasteiger partial charge on any atom is -0.486 e. The molecule has 0 aliphatic carbocycles. The van der Waals surface area contributed by atoms with Crippen molar-refractivity contribution in [2.45, 2.75) is 25.4 Å². The lowest BCUT2D eigenvalue weighted by atomic mass is 10.1. The van der Waals surface area contributed by atoms with Gasteiger partial charge in [0.05, 0.1) is 36.2 Å². The summed E-state index contributed by atoms with van der Waals surface area (Å²) in [6, 6.07) is 5.85. The van der Waals surface area contributed by atoms with E-state index in [1.54, 1.807) is 19.4 Å². The van der Waals surface area contributed by atoms with E-state index in [0.29, 0.717) is 60.4 Å². The van der Waals surface area contributed by atoms with E-state index in [1.807, 2.05) is 12.1 Å². The number of methoxy groups -OCH3 is 1. The molecule has 168 valence electrons. The summed E-state index contributed by atoms with van der Waals surface area (Å²) >= 11 is 0. The number of pyridine rings is 3. The van der Waals surface area contributed by atoms with Crippen LogP contribution in [0.3, 0.4) is 0 Å². The first-order valence-electron chi connectivity index (χ1n) is 10.9. The van der Waals surface area contributed by atoms with Gasteiger partial charge < -0.3 is 24.4 Å². The molecule has 3 aromatic rings. The maximum absolute atomic E-state index is 14.5. The Bertz CT molecular complexity index is 1110. The summed E-state index contributed by atoms with van der Waals surface area (Å²) < 4.78 is 30.9. The molecule has 5 rings (SSSR count). The predicted molar refractivity (Wildman–Crippen MR) is 117 cm³/mol. The molecule has 0 saturated carbocycles. The van der Waals surface area contributed by atoms with Gasteiger partial charge in [-0.2, -0.15) is 0 Å². The monoisotopic (exact) mass is 439 g/mol. The quantitative estimate of drug-likeness (QED) is 0.601. The molecule has 5 heterocycles. The number of likely N-dealkylation sites (tertiary alicyclic amines) is 1. The Balaban J connectivity index is 1.17. The SMILES string of the molecule is COc1ccc2ncc(F)c(CCN3CCC(NCc4cc5c(cn4)OCCO5)C3)c2n1. The number of rotatable bonds is 7. The molecule has 9 heteroatoms. The Kier molecular flexibility index (Phi) is 6.00. The standard InChI is InChI=1S/C23H26FN5O3/c1-30-22-3-2-19-23(28-22)17(18(24)12-27-19)5-7-29-6-4-15(14-29)25-11-16-10-20-21(13-26-16)32-9-8-31-20/h2-3,10,12-13,15,25H,4-9,11,14H2,1H3. The summed E-state index contributed by atoms with van der Waals surface area (Å²) in [5.74, 6) is 1.60. The van der Waals surface area contributed by atoms with E-state index in [9.17, 15) is 4.39 Å². The molecule has 0 aromatic carbocycles. The summed E-state index contributed by atoms with van der Waals surface area (Å²) in [4.78, 5) is 15.4. The van der Waals surface area contributed by atoms with Gasteiger partial charge in [0.25, 0.3) is 0 Å². The van der Waals surface area contributed by atoms with Crippen LogP contribution in [0, 0.1) is 5.82 Å². The van der Waals surface area contributed by atoms with Gasteiger partial charge in [-0.1, -0.05) is 0 Å². The van der Waals surface area contributed by atoms with E-state index in [2.05, 4.69) is 25.2 Å². The van der Waals surface area contributed by atoms with E-state index in [4.69, 9.17) is 14.2 Å². The highest BCUT2D eigenvalue weighted by molar-refractivity contribution is 5.78. The summed E-state index contributed by atoms with van der Waals surface area (Å²) in [6.45, 7) is 4.43. The average Bonchev–Trinajstić information content (AvgIpc) is 3.29. The molecule has 1 saturated heterocycles. The Hall–Kier alpha value is -3.04. The molecule has 0 spiro atoms. The highest BCUT2D eigenvalue weighted by Crippen LogP contribution is 2.29. The third kappa shape index (κ3) is 4.44. The fourth-order valence-electron chi connectivity index (χ4n) is 4.24. The largest absolute Gasteiger partial charge is 0.486 e. The summed E-state index contributed by atoms with van der Waals surface area (Å²) in [6.07, 6.45) is 4.61. The van der Waals surface area contributed by atoms with E-state index >= 15 is 0 Å². The molecule has 0 bridgehead atoms. The fourth-order valence-corrected chi connectivity index (χ4v) is 4.24. The number of nitrogens with one attached hydrogen (secondary N) is 1. The van der Waals surface area contributed by atoms with Gasteiger partial charge in [-0.25, -0.2) is 9.37 Å². The molecule has 3 aromatic heterocycles. The Morgan fingerprint density at radius 2 is 2.06 bits per heavy atom. The number of nitrogens with zero attached hydrogens (tertiary/aromatic N) is 4. The first-order valence-corrected chi connectivity index (χ1v) is 10.9. The van der Waals surface area contributed by atoms with E-state index in [-0.39, 0.29) is 5.82 Å². The van der Waals surface area contributed by atoms with Crippen molar-refractivity contribution in [3.8, 4) is 17.4 Å². The van der Waals surface area contributed by atoms with Gasteiger partial charge >= 0.3 is 0 Å². The molecule has 1 unspecified atom stereocenters. The number of halogens is 1. The van der Waals surface area contributed by atoms with Crippen molar-refractivity contribution in [2.75, 3.05) is 40.0 Å². The van der Waals surface area contributed by atoms with Crippen molar-refractivity contribution >= 4 is 11.0 Å². The molecule has 0 radical (unpaired) electrons. The van der Waals surface area contributed by atoms with E-state index < -0.39 is 0 Å². The number of fused-ring (bicyclic) bond motifs is 2. The number of hydrogen-bond donors (Lipinski definition) is 1. The molecule has 32 heavy (non-hydrogen) atoms. The van der Waals surface area contributed by atoms with Crippen LogP contribution < -0.4 is 19.5 Å². The maximum atomic E-state index is 14.5. The smallest absolute Gasteiger partial charge is 0.213 e. The fraction of sp³-hybridized carbons (Fsp3) is 0.435. The van der Waals surface area contributed by atoms with Crippen molar-refractivity contribution < 1.29 is 18.6 Å². The van der Waals surface area contributed by atoms with Gasteiger partial charge in [0.2, 0.25) is 5.88 Å². The topological polar surface area (TPSA) is 81.6 Å². The molecule has 1 atom stereocenters. The second-order valence-electron chi connectivity index (χ2n) is 8.04. The van der Waals surface area contributed by atoms with Gasteiger partial charge in [-0.3, -0.25) is 9.97 Å². The van der Waals surface area contributed by atoms with Crippen LogP contribution in [0.1, 0.15) is 17.7 Å². The highest BCUT2D eigenvalue weighted by atomic mass is 19.1. The van der Waals surface area contributed by atoms with Crippen LogP contribution in [0.15, 0.2) is 30.6 Å². The second kappa shape index (κ2) is 9.22. The van der Waals surface area contributed by atoms with Crippen molar-refractivity contribution in [1.82, 2.24) is 25.2 Å². The van der Waals surface area contributed by atoms with Crippen LogP contribution in [-0.4, -0.2) is 65.9 Å². The van der Waals surface area contributed by atoms with Crippen molar-refractivity contribution in [3.63, 3.8) is 0 Å². The Labute approximate surface area is 185 Å². The summed E-state index contributed by atoms with van der Waals surface area (Å²) in [7, 11) is 1.55. The third-order valence-electron chi connectivity index (χ3n) is 5.96. The minimum atomic E-state index is -0.322. The van der Waals surface area contributed by atoms with Crippen LogP contribution >= 0.6 is 0 Å². The van der Waals surface area contributed by atoms with Gasteiger partial charge in [0, 0.05) is 43.4 Å². The van der Waals surface area contributed by atoms with Gasteiger partial charge in [-0.05, 0) is 25.5 Å². The normalized spacial score (nSPS) is 18.2. The number of ether oxygens (including phenoxy) is 3. The maximum Gasteiger partial charge on any atom is 0.213 e. The molecule has 8 nitrogen and oxygen atoms in total. The van der Waals surface area contributed by atoms with Crippen molar-refractivity contribution in [1.29, 1.82) is 0 Å². The summed E-state index contributed by atoms with van der Waals surface area (Å²) in [5, 5.41) is 3.58. The lowest BCUT2D eigenvalue weighted by Crippen LogP contribution is -2.33. The molecule has 1 fully saturated rings. The lowest BCUT2D eigenvalue weighted by Gasteiger charge is -2.19. The van der Waals surface area contributed by atoms with Crippen molar-refractivity contribution in [3.05, 3.63) is 47.7 Å². The second-order valence-corrected chi connectivity index (χ2v) is 8.04. The zero-order valence-electron chi connectivity index (χ0n) is 18.0. The minimum absolute atomic E-state index is 0.322. The zero-order chi connectivity index (χ0) is 21.9. The average molecular weight is 439 g/mol. The summed E-state index contributed by atoms with van der Waals surface area (Å²) in [5.41, 5.74) is 2.77. The number of hydrogen-bond acceptors (Lipinski definition) is 8. The molecule has 0 amide bonds. The molecular formula is C23H26FN5O3. The third-order valence-corrected chi connectivity index (χ3v) is 5.96. The van der Waals surface area contributed by atoms with Crippen LogP contribution in [0.5, 0.6) is 17.4 Å². The first kappa shape index (κ1) is 20.8. The van der Waals surface area contributed by atoms with Crippen molar-refractivity contribution in [2.24, 2.45) is 0 Å². The molecule has 1 N–H and O–H groups in total. The van der Waals surface area contributed by atoms with Crippen LogP contribution in [0.4, 0.5) is 4.39 Å². The molecule has 2 aliphatic rings. The Morgan fingerprint density at radius 3 is 2.94 bits per heavy atom. The first-order chi connectivity index (χ1) is 15.7. The van der Waals surface area contributed by atoms with Gasteiger partial charge in [0.1, 0.15) is 19.0 Å². The van der Waals surface area contributed by atoms with E-state index in [0.717, 1.165) is 37.5 Å². The molecule has 2 aliphatic heterocycles. The van der Waals surface area contributed by atoms with Gasteiger partial charge in [0.15, 0.2) is 11.5 Å². The van der Waals surface area contributed by atoms with Crippen LogP contribution in [-0.2, 0) is 13.0 Å². The highest BCUT2D eigenvalue weighted by Gasteiger charge is 2.23.